The molecule has 0 radical (unpaired) electrons. The Kier molecular flexibility index (Phi) is 4.23. The minimum atomic E-state index is -0.719. The minimum Gasteiger partial charge on any atom is -0.465 e. The average Bonchev–Trinajstić information content (AvgIpc) is 2.49. The number of ether oxygens (including phenoxy) is 1. The molecule has 0 amide bonds. The summed E-state index contributed by atoms with van der Waals surface area (Å²) in [4.78, 5) is 11.9. The van der Waals surface area contributed by atoms with Crippen LogP contribution in [0.2, 0.25) is 0 Å². The molecule has 0 N–H and O–H groups in total. The lowest BCUT2D eigenvalue weighted by Gasteiger charge is -2.25. The molecule has 4 heteroatoms. The average molecular weight is 285 g/mol. The third kappa shape index (κ3) is 3.03. The van der Waals surface area contributed by atoms with Gasteiger partial charge in [0.1, 0.15) is 5.82 Å². The fourth-order valence-electron chi connectivity index (χ4n) is 2.19. The van der Waals surface area contributed by atoms with E-state index in [9.17, 15) is 9.18 Å². The molecule has 21 heavy (non-hydrogen) atoms. The summed E-state index contributed by atoms with van der Waals surface area (Å²) in [6.07, 6.45) is 5.68. The van der Waals surface area contributed by atoms with E-state index >= 15 is 0 Å². The van der Waals surface area contributed by atoms with Crippen LogP contribution in [0, 0.1) is 22.6 Å². The highest BCUT2D eigenvalue weighted by Gasteiger charge is 2.33. The first-order valence-corrected chi connectivity index (χ1v) is 6.77. The van der Waals surface area contributed by atoms with Gasteiger partial charge in [0, 0.05) is 5.56 Å². The van der Waals surface area contributed by atoms with Crippen molar-refractivity contribution in [2.45, 2.75) is 20.3 Å². The van der Waals surface area contributed by atoms with E-state index in [-0.39, 0.29) is 11.8 Å². The van der Waals surface area contributed by atoms with Crippen molar-refractivity contribution < 1.29 is 13.9 Å². The Bertz CT molecular complexity index is 670. The monoisotopic (exact) mass is 285 g/mol. The van der Waals surface area contributed by atoms with E-state index in [4.69, 9.17) is 10.00 Å². The SMILES string of the molecule is CCOC(=O)C1(C)C=CC(c2cc(C#N)ccc2F)=CC1. The van der Waals surface area contributed by atoms with Gasteiger partial charge < -0.3 is 4.74 Å². The van der Waals surface area contributed by atoms with E-state index in [1.807, 2.05) is 6.07 Å². The topological polar surface area (TPSA) is 50.1 Å². The van der Waals surface area contributed by atoms with Gasteiger partial charge in [0.05, 0.1) is 23.7 Å². The molecule has 0 heterocycles. The van der Waals surface area contributed by atoms with Crippen molar-refractivity contribution in [3.63, 3.8) is 0 Å². The Morgan fingerprint density at radius 2 is 2.29 bits per heavy atom. The molecule has 1 aromatic carbocycles. The Balaban J connectivity index is 2.27. The van der Waals surface area contributed by atoms with Crippen molar-refractivity contribution in [1.82, 2.24) is 0 Å². The number of hydrogen-bond acceptors (Lipinski definition) is 3. The van der Waals surface area contributed by atoms with E-state index < -0.39 is 5.41 Å². The predicted molar refractivity (Wildman–Crippen MR) is 77.6 cm³/mol. The second-order valence-electron chi connectivity index (χ2n) is 5.14. The van der Waals surface area contributed by atoms with E-state index in [0.717, 1.165) is 0 Å². The van der Waals surface area contributed by atoms with Gasteiger partial charge in [-0.25, -0.2) is 4.39 Å². The maximum Gasteiger partial charge on any atom is 0.315 e. The summed E-state index contributed by atoms with van der Waals surface area (Å²) in [6, 6.07) is 6.22. The van der Waals surface area contributed by atoms with Gasteiger partial charge in [-0.1, -0.05) is 18.2 Å². The number of carbonyl (C=O) groups is 1. The lowest BCUT2D eigenvalue weighted by molar-refractivity contribution is -0.151. The maximum absolute atomic E-state index is 13.9. The lowest BCUT2D eigenvalue weighted by atomic mass is 9.80. The molecule has 0 spiro atoms. The largest absolute Gasteiger partial charge is 0.465 e. The van der Waals surface area contributed by atoms with Crippen molar-refractivity contribution in [2.75, 3.05) is 6.61 Å². The van der Waals surface area contributed by atoms with Crippen molar-refractivity contribution in [1.29, 1.82) is 5.26 Å². The number of nitriles is 1. The summed E-state index contributed by atoms with van der Waals surface area (Å²) < 4.78 is 18.9. The quantitative estimate of drug-likeness (QED) is 0.797. The summed E-state index contributed by atoms with van der Waals surface area (Å²) in [5.74, 6) is -0.674. The molecule has 0 bridgehead atoms. The third-order valence-corrected chi connectivity index (χ3v) is 3.52. The van der Waals surface area contributed by atoms with Gasteiger partial charge in [-0.2, -0.15) is 5.26 Å². The molecular weight excluding hydrogens is 269 g/mol. The number of nitrogens with zero attached hydrogens (tertiary/aromatic N) is 1. The van der Waals surface area contributed by atoms with Crippen molar-refractivity contribution in [3.05, 3.63) is 53.4 Å². The van der Waals surface area contributed by atoms with Crippen LogP contribution in [0.15, 0.2) is 36.4 Å². The van der Waals surface area contributed by atoms with Crippen molar-refractivity contribution >= 4 is 11.5 Å². The van der Waals surface area contributed by atoms with Gasteiger partial charge in [-0.3, -0.25) is 4.79 Å². The van der Waals surface area contributed by atoms with Crippen LogP contribution in [-0.2, 0) is 9.53 Å². The standard InChI is InChI=1S/C17H16FNO2/c1-3-21-16(20)17(2)8-6-13(7-9-17)14-10-12(11-19)4-5-15(14)18/h4-8,10H,3,9H2,1-2H3. The highest BCUT2D eigenvalue weighted by Crippen LogP contribution is 2.34. The van der Waals surface area contributed by atoms with E-state index in [1.165, 1.54) is 18.2 Å². The summed E-state index contributed by atoms with van der Waals surface area (Å²) in [5, 5.41) is 8.90. The molecule has 1 aromatic rings. The normalized spacial score (nSPS) is 20.6. The fraction of sp³-hybridized carbons (Fsp3) is 0.294. The van der Waals surface area contributed by atoms with Gasteiger partial charge >= 0.3 is 5.97 Å². The number of esters is 1. The van der Waals surface area contributed by atoms with Crippen LogP contribution in [0.1, 0.15) is 31.4 Å². The third-order valence-electron chi connectivity index (χ3n) is 3.52. The molecule has 1 aliphatic carbocycles. The first-order valence-electron chi connectivity index (χ1n) is 6.77. The molecule has 2 rings (SSSR count). The number of benzene rings is 1. The summed E-state index contributed by atoms with van der Waals surface area (Å²) in [6.45, 7) is 3.88. The van der Waals surface area contributed by atoms with Crippen molar-refractivity contribution in [2.24, 2.45) is 5.41 Å². The second kappa shape index (κ2) is 5.92. The van der Waals surface area contributed by atoms with Gasteiger partial charge in [-0.15, -0.1) is 0 Å². The molecule has 0 aromatic heterocycles. The summed E-state index contributed by atoms with van der Waals surface area (Å²) >= 11 is 0. The molecular formula is C17H16FNO2. The first kappa shape index (κ1) is 15.0. The Hall–Kier alpha value is -2.41. The van der Waals surface area contributed by atoms with Gasteiger partial charge in [0.25, 0.3) is 0 Å². The number of rotatable bonds is 3. The van der Waals surface area contributed by atoms with E-state index in [2.05, 4.69) is 0 Å². The molecule has 0 saturated heterocycles. The van der Waals surface area contributed by atoms with Crippen LogP contribution in [0.25, 0.3) is 5.57 Å². The fourth-order valence-corrected chi connectivity index (χ4v) is 2.19. The second-order valence-corrected chi connectivity index (χ2v) is 5.14. The first-order chi connectivity index (χ1) is 10.00. The predicted octanol–water partition coefficient (Wildman–Crippen LogP) is 3.61. The maximum atomic E-state index is 13.9. The highest BCUT2D eigenvalue weighted by atomic mass is 19.1. The van der Waals surface area contributed by atoms with Crippen LogP contribution in [0.3, 0.4) is 0 Å². The molecule has 0 saturated carbocycles. The minimum absolute atomic E-state index is 0.289. The number of allylic oxidation sites excluding steroid dienone is 3. The van der Waals surface area contributed by atoms with Gasteiger partial charge in [0.15, 0.2) is 0 Å². The van der Waals surface area contributed by atoms with Crippen molar-refractivity contribution in [3.8, 4) is 6.07 Å². The molecule has 1 atom stereocenters. The Labute approximate surface area is 123 Å². The van der Waals surface area contributed by atoms with Crippen LogP contribution in [0.5, 0.6) is 0 Å². The zero-order valence-corrected chi connectivity index (χ0v) is 12.0. The zero-order valence-electron chi connectivity index (χ0n) is 12.0. The van der Waals surface area contributed by atoms with Crippen LogP contribution >= 0.6 is 0 Å². The molecule has 0 aliphatic heterocycles. The number of carbonyl (C=O) groups excluding carboxylic acids is 1. The molecule has 3 nitrogen and oxygen atoms in total. The lowest BCUT2D eigenvalue weighted by Crippen LogP contribution is -2.28. The summed E-state index contributed by atoms with van der Waals surface area (Å²) in [7, 11) is 0. The number of hydrogen-bond donors (Lipinski definition) is 0. The zero-order chi connectivity index (χ0) is 15.5. The van der Waals surface area contributed by atoms with Crippen LogP contribution in [-0.4, -0.2) is 12.6 Å². The summed E-state index contributed by atoms with van der Waals surface area (Å²) in [5.41, 5.74) is 0.727. The van der Waals surface area contributed by atoms with Gasteiger partial charge in [-0.05, 0) is 44.0 Å². The Morgan fingerprint density at radius 3 is 2.86 bits per heavy atom. The molecule has 1 unspecified atom stereocenters. The van der Waals surface area contributed by atoms with Gasteiger partial charge in [0.2, 0.25) is 0 Å². The van der Waals surface area contributed by atoms with Crippen LogP contribution in [0.4, 0.5) is 4.39 Å². The number of halogens is 1. The smallest absolute Gasteiger partial charge is 0.315 e. The highest BCUT2D eigenvalue weighted by molar-refractivity contribution is 5.84. The van der Waals surface area contributed by atoms with Crippen LogP contribution < -0.4 is 0 Å². The van der Waals surface area contributed by atoms with E-state index in [1.54, 1.807) is 32.1 Å². The Morgan fingerprint density at radius 1 is 1.52 bits per heavy atom. The molecule has 108 valence electrons. The molecule has 0 fully saturated rings. The van der Waals surface area contributed by atoms with E-state index in [0.29, 0.717) is 29.7 Å². The molecule has 1 aliphatic rings.